The van der Waals surface area contributed by atoms with Crippen molar-refractivity contribution >= 4 is 36.0 Å². The highest BCUT2D eigenvalue weighted by atomic mass is 31.2. The molecular weight excluding hydrogens is 582 g/mol. The first kappa shape index (κ1) is 25.8. The maximum atomic E-state index is 14.7. The van der Waals surface area contributed by atoms with Crippen LogP contribution in [-0.4, -0.2) is 0 Å². The molecule has 6 aromatic rings. The Bertz CT molecular complexity index is 2110. The normalized spacial score (nSPS) is 20.4. The first-order valence-corrected chi connectivity index (χ1v) is 18.0. The Morgan fingerprint density at radius 2 is 0.795 bits per heavy atom. The molecular formula is C38H26O4P2. The van der Waals surface area contributed by atoms with E-state index in [-0.39, 0.29) is 0 Å². The minimum Gasteiger partial charge on any atom is -0.436 e. The van der Waals surface area contributed by atoms with Gasteiger partial charge in [-0.25, -0.2) is 0 Å². The Morgan fingerprint density at radius 3 is 1.25 bits per heavy atom. The maximum Gasteiger partial charge on any atom is 0.307 e. The maximum absolute atomic E-state index is 14.7. The topological polar surface area (TPSA) is 52.6 Å². The molecule has 0 saturated carbocycles. The summed E-state index contributed by atoms with van der Waals surface area (Å²) >= 11 is 0. The second kappa shape index (κ2) is 9.44. The van der Waals surface area contributed by atoms with Crippen molar-refractivity contribution in [1.82, 2.24) is 0 Å². The van der Waals surface area contributed by atoms with E-state index in [9.17, 15) is 9.13 Å². The van der Waals surface area contributed by atoms with Crippen molar-refractivity contribution in [3.05, 3.63) is 145 Å². The summed E-state index contributed by atoms with van der Waals surface area (Å²) in [5.41, 5.74) is 8.32. The monoisotopic (exact) mass is 608 g/mol. The van der Waals surface area contributed by atoms with E-state index in [1.807, 2.05) is 109 Å². The van der Waals surface area contributed by atoms with Crippen LogP contribution in [0.5, 0.6) is 11.5 Å². The fraction of sp³-hybridized carbons (Fsp3) is 0.0526. The van der Waals surface area contributed by atoms with Crippen LogP contribution in [0.15, 0.2) is 133 Å². The number of hydrogen-bond donors (Lipinski definition) is 0. The van der Waals surface area contributed by atoms with Gasteiger partial charge in [0.05, 0.1) is 21.2 Å². The molecule has 6 aromatic carbocycles. The van der Waals surface area contributed by atoms with E-state index in [1.54, 1.807) is 0 Å². The predicted octanol–water partition coefficient (Wildman–Crippen LogP) is 8.03. The minimum absolute atomic E-state index is 0.647. The van der Waals surface area contributed by atoms with Crippen molar-refractivity contribution in [3.8, 4) is 44.9 Å². The second-order valence-corrected chi connectivity index (χ2v) is 16.1. The highest BCUT2D eigenvalue weighted by Crippen LogP contribution is 2.56. The van der Waals surface area contributed by atoms with Crippen LogP contribution in [0.25, 0.3) is 33.4 Å². The van der Waals surface area contributed by atoms with E-state index in [0.29, 0.717) is 22.1 Å². The smallest absolute Gasteiger partial charge is 0.307 e. The molecule has 0 bridgehead atoms. The fourth-order valence-corrected chi connectivity index (χ4v) is 11.6. The Hall–Kier alpha value is -4.62. The molecule has 6 heteroatoms. The summed E-state index contributed by atoms with van der Waals surface area (Å²) in [5.74, 6) is 1.29. The average molecular weight is 609 g/mol. The van der Waals surface area contributed by atoms with E-state index < -0.39 is 14.7 Å². The van der Waals surface area contributed by atoms with Gasteiger partial charge < -0.3 is 9.05 Å². The van der Waals surface area contributed by atoms with Crippen molar-refractivity contribution < 1.29 is 18.2 Å². The Labute approximate surface area is 255 Å². The molecule has 0 amide bonds. The zero-order valence-electron chi connectivity index (χ0n) is 23.6. The van der Waals surface area contributed by atoms with Gasteiger partial charge in [-0.15, -0.1) is 0 Å². The van der Waals surface area contributed by atoms with Crippen molar-refractivity contribution in [2.45, 2.75) is 12.8 Å². The Kier molecular flexibility index (Phi) is 5.54. The SMILES string of the molecule is O=P1(c2ccc3c(c2)CCc2cc(P4(=O)Oc5ccccc5-c5ccccc54)ccc2-3)Oc2ccccc2-c2ccccc21. The molecule has 9 rings (SSSR count). The third-order valence-electron chi connectivity index (χ3n) is 9.06. The van der Waals surface area contributed by atoms with Gasteiger partial charge >= 0.3 is 14.7 Å². The van der Waals surface area contributed by atoms with Gasteiger partial charge in [-0.1, -0.05) is 84.9 Å². The molecule has 3 aliphatic rings. The second-order valence-electron chi connectivity index (χ2n) is 11.5. The van der Waals surface area contributed by atoms with Crippen molar-refractivity contribution in [2.24, 2.45) is 0 Å². The molecule has 44 heavy (non-hydrogen) atoms. The van der Waals surface area contributed by atoms with Gasteiger partial charge in [0, 0.05) is 11.1 Å². The van der Waals surface area contributed by atoms with Crippen LogP contribution in [-0.2, 0) is 22.0 Å². The molecule has 0 radical (unpaired) electrons. The number of fused-ring (bicyclic) bond motifs is 9. The van der Waals surface area contributed by atoms with Crippen LogP contribution in [0.4, 0.5) is 0 Å². The number of hydrogen-bond acceptors (Lipinski definition) is 4. The van der Waals surface area contributed by atoms with Gasteiger partial charge in [0.25, 0.3) is 0 Å². The minimum atomic E-state index is -3.37. The summed E-state index contributed by atoms with van der Waals surface area (Å²) in [6, 6.07) is 43.5. The molecule has 0 saturated heterocycles. The average Bonchev–Trinajstić information content (AvgIpc) is 3.08. The van der Waals surface area contributed by atoms with Gasteiger partial charge in [-0.3, -0.25) is 9.13 Å². The van der Waals surface area contributed by atoms with E-state index in [4.69, 9.17) is 9.05 Å². The molecule has 2 heterocycles. The third-order valence-corrected chi connectivity index (χ3v) is 13.9. The summed E-state index contributed by atoms with van der Waals surface area (Å²) in [6.07, 6.45) is 1.56. The Morgan fingerprint density at radius 1 is 0.409 bits per heavy atom. The molecule has 4 nitrogen and oxygen atoms in total. The largest absolute Gasteiger partial charge is 0.436 e. The molecule has 0 fully saturated rings. The van der Waals surface area contributed by atoms with Crippen LogP contribution in [0.3, 0.4) is 0 Å². The molecule has 0 N–H and O–H groups in total. The molecule has 2 atom stereocenters. The van der Waals surface area contributed by atoms with Gasteiger partial charge in [0.15, 0.2) is 0 Å². The molecule has 2 aliphatic heterocycles. The number of aryl methyl sites for hydroxylation is 2. The first-order valence-electron chi connectivity index (χ1n) is 14.8. The van der Waals surface area contributed by atoms with E-state index in [1.165, 1.54) is 0 Å². The van der Waals surface area contributed by atoms with Crippen LogP contribution in [0.2, 0.25) is 0 Å². The highest BCUT2D eigenvalue weighted by Gasteiger charge is 2.40. The van der Waals surface area contributed by atoms with Crippen molar-refractivity contribution in [2.75, 3.05) is 0 Å². The standard InChI is InChI=1S/C38H26O4P2/c39-43(37-15-7-3-11-33(37)31-9-1-5-13-35(31)41-43)27-19-21-29-25(23-27)17-18-26-24-28(20-22-30(26)29)44(40)38-16-8-4-12-34(38)32-10-2-6-14-36(32)42-44/h1-16,19-24H,17-18H2. The van der Waals surface area contributed by atoms with E-state index in [2.05, 4.69) is 24.3 Å². The van der Waals surface area contributed by atoms with Crippen LogP contribution >= 0.6 is 14.7 Å². The Balaban J connectivity index is 1.12. The fourth-order valence-electron chi connectivity index (χ4n) is 6.95. The quantitative estimate of drug-likeness (QED) is 0.187. The van der Waals surface area contributed by atoms with Crippen LogP contribution in [0, 0.1) is 0 Å². The zero-order chi connectivity index (χ0) is 29.5. The van der Waals surface area contributed by atoms with Gasteiger partial charge in [-0.05, 0) is 94.8 Å². The molecule has 1 aliphatic carbocycles. The van der Waals surface area contributed by atoms with Crippen molar-refractivity contribution in [3.63, 3.8) is 0 Å². The van der Waals surface area contributed by atoms with Gasteiger partial charge in [0.2, 0.25) is 0 Å². The molecule has 2 unspecified atom stereocenters. The van der Waals surface area contributed by atoms with Crippen LogP contribution < -0.4 is 30.3 Å². The number of benzene rings is 6. The predicted molar refractivity (Wildman–Crippen MR) is 178 cm³/mol. The van der Waals surface area contributed by atoms with Crippen molar-refractivity contribution in [1.29, 1.82) is 0 Å². The lowest BCUT2D eigenvalue weighted by atomic mass is 9.86. The summed E-state index contributed by atoms with van der Waals surface area (Å²) in [7, 11) is -6.73. The lowest BCUT2D eigenvalue weighted by Gasteiger charge is -2.31. The molecule has 0 aromatic heterocycles. The van der Waals surface area contributed by atoms with Gasteiger partial charge in [0.1, 0.15) is 11.5 Å². The summed E-state index contributed by atoms with van der Waals surface area (Å²) in [6.45, 7) is 0. The zero-order valence-corrected chi connectivity index (χ0v) is 25.4. The lowest BCUT2D eigenvalue weighted by Crippen LogP contribution is -2.26. The summed E-state index contributed by atoms with van der Waals surface area (Å²) < 4.78 is 42.2. The van der Waals surface area contributed by atoms with E-state index in [0.717, 1.165) is 68.0 Å². The molecule has 212 valence electrons. The lowest BCUT2D eigenvalue weighted by molar-refractivity contribution is 0.500. The van der Waals surface area contributed by atoms with E-state index >= 15 is 0 Å². The molecule has 0 spiro atoms. The summed E-state index contributed by atoms with van der Waals surface area (Å²) in [5, 5.41) is 2.87. The number of rotatable bonds is 2. The number of para-hydroxylation sites is 2. The van der Waals surface area contributed by atoms with Gasteiger partial charge in [-0.2, -0.15) is 0 Å². The van der Waals surface area contributed by atoms with Crippen LogP contribution in [0.1, 0.15) is 11.1 Å². The highest BCUT2D eigenvalue weighted by molar-refractivity contribution is 7.75. The third kappa shape index (κ3) is 3.65. The summed E-state index contributed by atoms with van der Waals surface area (Å²) in [4.78, 5) is 0. The first-order chi connectivity index (χ1) is 21.5.